The molecule has 0 bridgehead atoms. The third-order valence-electron chi connectivity index (χ3n) is 4.41. The van der Waals surface area contributed by atoms with E-state index in [2.05, 4.69) is 0 Å². The van der Waals surface area contributed by atoms with Gasteiger partial charge in [0.1, 0.15) is 17.5 Å². The second-order valence-corrected chi connectivity index (χ2v) is 6.33. The summed E-state index contributed by atoms with van der Waals surface area (Å²) in [4.78, 5) is 0. The van der Waals surface area contributed by atoms with E-state index in [1.165, 1.54) is 36.4 Å². The van der Waals surface area contributed by atoms with Crippen LogP contribution < -0.4 is 0 Å². The predicted molar refractivity (Wildman–Crippen MR) is 103 cm³/mol. The molecule has 0 aliphatic rings. The zero-order valence-electron chi connectivity index (χ0n) is 14.3. The summed E-state index contributed by atoms with van der Waals surface area (Å²) >= 11 is 0. The number of halogens is 3. The van der Waals surface area contributed by atoms with Crippen LogP contribution in [0.15, 0.2) is 91.0 Å². The van der Waals surface area contributed by atoms with Gasteiger partial charge in [-0.1, -0.05) is 36.4 Å². The lowest BCUT2D eigenvalue weighted by atomic mass is 9.93. The van der Waals surface area contributed by atoms with Crippen molar-refractivity contribution in [2.75, 3.05) is 0 Å². The van der Waals surface area contributed by atoms with Crippen LogP contribution in [-0.4, -0.2) is 0 Å². The van der Waals surface area contributed by atoms with Crippen LogP contribution >= 0.6 is 0 Å². The Morgan fingerprint density at radius 1 is 0.333 bits per heavy atom. The Bertz CT molecular complexity index is 962. The molecule has 0 saturated carbocycles. The number of hydrogen-bond acceptors (Lipinski definition) is 0. The highest BCUT2D eigenvalue weighted by molar-refractivity contribution is 5.81. The summed E-state index contributed by atoms with van der Waals surface area (Å²) < 4.78 is 41.1. The minimum atomic E-state index is -0.337. The largest absolute Gasteiger partial charge is 0.207 e. The molecule has 0 aliphatic heterocycles. The molecular weight excluding hydrogens is 345 g/mol. The summed E-state index contributed by atoms with van der Waals surface area (Å²) in [5.74, 6) is -1.01. The molecule has 0 heterocycles. The topological polar surface area (TPSA) is 0 Å². The molecule has 0 nitrogen and oxygen atoms in total. The molecule has 0 fully saturated rings. The van der Waals surface area contributed by atoms with Gasteiger partial charge < -0.3 is 0 Å². The minimum absolute atomic E-state index is 0.337. The van der Waals surface area contributed by atoms with Gasteiger partial charge in [-0.05, 0) is 88.0 Å². The molecule has 4 rings (SSSR count). The molecule has 0 unspecified atom stereocenters. The molecule has 4 aromatic carbocycles. The summed E-state index contributed by atoms with van der Waals surface area (Å²) in [5.41, 5.74) is 4.42. The van der Waals surface area contributed by atoms with E-state index < -0.39 is 0 Å². The molecular formula is C24H15F3. The fraction of sp³-hybridized carbons (Fsp3) is 0. The Balaban J connectivity index is 1.94. The van der Waals surface area contributed by atoms with E-state index in [9.17, 15) is 13.2 Å². The van der Waals surface area contributed by atoms with Crippen LogP contribution in [0.2, 0.25) is 0 Å². The van der Waals surface area contributed by atoms with Crippen molar-refractivity contribution in [2.45, 2.75) is 0 Å². The van der Waals surface area contributed by atoms with Crippen molar-refractivity contribution in [3.8, 4) is 33.4 Å². The first-order valence-corrected chi connectivity index (χ1v) is 8.51. The minimum Gasteiger partial charge on any atom is -0.207 e. The average Bonchev–Trinajstić information content (AvgIpc) is 2.68. The molecule has 0 atom stereocenters. The molecule has 0 amide bonds. The van der Waals surface area contributed by atoms with Crippen LogP contribution in [-0.2, 0) is 0 Å². The molecule has 3 heteroatoms. The van der Waals surface area contributed by atoms with Gasteiger partial charge in [-0.3, -0.25) is 0 Å². The average molecular weight is 360 g/mol. The standard InChI is InChI=1S/C24H15F3/c25-22-7-1-4-16(13-22)19-10-20(17-5-2-8-23(26)14-17)12-21(11-19)18-6-3-9-24(27)15-18/h1-15H. The molecule has 0 spiro atoms. The van der Waals surface area contributed by atoms with Crippen molar-refractivity contribution in [1.82, 2.24) is 0 Å². The number of rotatable bonds is 3. The van der Waals surface area contributed by atoms with Crippen LogP contribution in [0.1, 0.15) is 0 Å². The molecule has 132 valence electrons. The van der Waals surface area contributed by atoms with Gasteiger partial charge in [-0.2, -0.15) is 0 Å². The predicted octanol–water partition coefficient (Wildman–Crippen LogP) is 7.10. The van der Waals surface area contributed by atoms with Gasteiger partial charge in [-0.15, -0.1) is 0 Å². The van der Waals surface area contributed by atoms with Crippen LogP contribution in [0.5, 0.6) is 0 Å². The van der Waals surface area contributed by atoms with Gasteiger partial charge in [0, 0.05) is 0 Å². The Kier molecular flexibility index (Phi) is 4.51. The van der Waals surface area contributed by atoms with Crippen LogP contribution in [0.3, 0.4) is 0 Å². The van der Waals surface area contributed by atoms with Crippen molar-refractivity contribution in [1.29, 1.82) is 0 Å². The summed E-state index contributed by atoms with van der Waals surface area (Å²) in [5, 5.41) is 0. The van der Waals surface area contributed by atoms with Crippen molar-refractivity contribution in [3.63, 3.8) is 0 Å². The zero-order chi connectivity index (χ0) is 18.8. The lowest BCUT2D eigenvalue weighted by Gasteiger charge is -2.11. The number of benzene rings is 4. The maximum absolute atomic E-state index is 13.7. The summed E-state index contributed by atoms with van der Waals surface area (Å²) in [7, 11) is 0. The van der Waals surface area contributed by atoms with Crippen LogP contribution in [0, 0.1) is 17.5 Å². The van der Waals surface area contributed by atoms with E-state index in [1.807, 2.05) is 36.4 Å². The van der Waals surface area contributed by atoms with Crippen LogP contribution in [0.25, 0.3) is 33.4 Å². The summed E-state index contributed by atoms with van der Waals surface area (Å²) in [6.45, 7) is 0. The fourth-order valence-electron chi connectivity index (χ4n) is 3.13. The fourth-order valence-corrected chi connectivity index (χ4v) is 3.13. The first-order chi connectivity index (χ1) is 13.1. The van der Waals surface area contributed by atoms with Crippen molar-refractivity contribution in [3.05, 3.63) is 108 Å². The van der Waals surface area contributed by atoms with Crippen LogP contribution in [0.4, 0.5) is 13.2 Å². The van der Waals surface area contributed by atoms with Crippen molar-refractivity contribution < 1.29 is 13.2 Å². The molecule has 0 saturated heterocycles. The molecule has 0 aromatic heterocycles. The maximum Gasteiger partial charge on any atom is 0.123 e. The van der Waals surface area contributed by atoms with E-state index in [0.29, 0.717) is 16.7 Å². The third-order valence-corrected chi connectivity index (χ3v) is 4.41. The van der Waals surface area contributed by atoms with E-state index in [0.717, 1.165) is 16.7 Å². The molecule has 0 aliphatic carbocycles. The highest BCUT2D eigenvalue weighted by Crippen LogP contribution is 2.33. The molecule has 4 aromatic rings. The van der Waals surface area contributed by atoms with E-state index in [-0.39, 0.29) is 17.5 Å². The quantitative estimate of drug-likeness (QED) is 0.365. The van der Waals surface area contributed by atoms with Gasteiger partial charge in [0.2, 0.25) is 0 Å². The van der Waals surface area contributed by atoms with Gasteiger partial charge >= 0.3 is 0 Å². The second kappa shape index (κ2) is 7.12. The monoisotopic (exact) mass is 360 g/mol. The summed E-state index contributed by atoms with van der Waals surface area (Å²) in [6, 6.07) is 24.5. The third kappa shape index (κ3) is 3.77. The SMILES string of the molecule is Fc1cccc(-c2cc(-c3cccc(F)c3)cc(-c3cccc(F)c3)c2)c1. The first kappa shape index (κ1) is 17.1. The Hall–Kier alpha value is -3.33. The van der Waals surface area contributed by atoms with Crippen molar-refractivity contribution in [2.24, 2.45) is 0 Å². The Morgan fingerprint density at radius 2 is 0.630 bits per heavy atom. The van der Waals surface area contributed by atoms with Gasteiger partial charge in [0.15, 0.2) is 0 Å². The highest BCUT2D eigenvalue weighted by Gasteiger charge is 2.09. The molecule has 0 radical (unpaired) electrons. The number of hydrogen-bond donors (Lipinski definition) is 0. The Labute approximate surface area is 155 Å². The lowest BCUT2D eigenvalue weighted by Crippen LogP contribution is -1.88. The van der Waals surface area contributed by atoms with E-state index in [1.54, 1.807) is 18.2 Å². The smallest absolute Gasteiger partial charge is 0.123 e. The van der Waals surface area contributed by atoms with Gasteiger partial charge in [0.25, 0.3) is 0 Å². The second-order valence-electron chi connectivity index (χ2n) is 6.33. The van der Waals surface area contributed by atoms with Gasteiger partial charge in [-0.25, -0.2) is 13.2 Å². The maximum atomic E-state index is 13.7. The molecule has 27 heavy (non-hydrogen) atoms. The van der Waals surface area contributed by atoms with Crippen molar-refractivity contribution >= 4 is 0 Å². The highest BCUT2D eigenvalue weighted by atomic mass is 19.1. The summed E-state index contributed by atoms with van der Waals surface area (Å²) in [6.07, 6.45) is 0. The lowest BCUT2D eigenvalue weighted by molar-refractivity contribution is 0.628. The Morgan fingerprint density at radius 3 is 0.889 bits per heavy atom. The normalized spacial score (nSPS) is 10.8. The van der Waals surface area contributed by atoms with Gasteiger partial charge in [0.05, 0.1) is 0 Å². The molecule has 0 N–H and O–H groups in total. The first-order valence-electron chi connectivity index (χ1n) is 8.51. The zero-order valence-corrected chi connectivity index (χ0v) is 14.3. The van der Waals surface area contributed by atoms with E-state index in [4.69, 9.17) is 0 Å². The van der Waals surface area contributed by atoms with E-state index >= 15 is 0 Å².